The maximum absolute atomic E-state index is 10.4. The normalized spacial score (nSPS) is 12.6. The summed E-state index contributed by atoms with van der Waals surface area (Å²) in [6.45, 7) is 1.98. The van der Waals surface area contributed by atoms with Gasteiger partial charge >= 0.3 is 0 Å². The van der Waals surface area contributed by atoms with Crippen molar-refractivity contribution >= 4 is 11.0 Å². The molecular weight excluding hydrogens is 254 g/mol. The predicted octanol–water partition coefficient (Wildman–Crippen LogP) is 3.23. The molecular formula is C16H15NO3. The van der Waals surface area contributed by atoms with Gasteiger partial charge in [0.2, 0.25) is 5.88 Å². The molecule has 2 aromatic heterocycles. The van der Waals surface area contributed by atoms with Gasteiger partial charge in [0.1, 0.15) is 11.3 Å². The standard InChI is InChI=1S/C16H15NO3/c1-10-5-3-6-11-9-13(20-16(10)11)15(18)12-7-4-8-14(17-12)19-2/h3-9,15,18H,1-2H3. The van der Waals surface area contributed by atoms with Crippen LogP contribution in [0.5, 0.6) is 5.88 Å². The van der Waals surface area contributed by atoms with E-state index >= 15 is 0 Å². The van der Waals surface area contributed by atoms with Crippen molar-refractivity contribution in [2.45, 2.75) is 13.0 Å². The second-order valence-corrected chi connectivity index (χ2v) is 4.65. The van der Waals surface area contributed by atoms with Gasteiger partial charge in [0.05, 0.1) is 12.8 Å². The van der Waals surface area contributed by atoms with Crippen molar-refractivity contribution in [3.63, 3.8) is 0 Å². The highest BCUT2D eigenvalue weighted by Crippen LogP contribution is 2.29. The van der Waals surface area contributed by atoms with Crippen molar-refractivity contribution in [2.75, 3.05) is 7.11 Å². The van der Waals surface area contributed by atoms with E-state index in [1.807, 2.05) is 31.2 Å². The number of furan rings is 1. The highest BCUT2D eigenvalue weighted by atomic mass is 16.5. The van der Waals surface area contributed by atoms with Gasteiger partial charge in [0.15, 0.2) is 6.10 Å². The van der Waals surface area contributed by atoms with Gasteiger partial charge in [-0.2, -0.15) is 0 Å². The molecule has 0 aliphatic carbocycles. The predicted molar refractivity (Wildman–Crippen MR) is 75.8 cm³/mol. The topological polar surface area (TPSA) is 55.5 Å². The molecule has 0 spiro atoms. The molecule has 0 amide bonds. The minimum Gasteiger partial charge on any atom is -0.481 e. The number of para-hydroxylation sites is 1. The summed E-state index contributed by atoms with van der Waals surface area (Å²) in [7, 11) is 1.54. The van der Waals surface area contributed by atoms with Crippen LogP contribution in [0.1, 0.15) is 23.1 Å². The highest BCUT2D eigenvalue weighted by molar-refractivity contribution is 5.81. The van der Waals surface area contributed by atoms with Crippen LogP contribution in [0.3, 0.4) is 0 Å². The first-order valence-corrected chi connectivity index (χ1v) is 6.37. The molecule has 102 valence electrons. The molecule has 0 bridgehead atoms. The van der Waals surface area contributed by atoms with Crippen molar-refractivity contribution in [3.05, 3.63) is 59.5 Å². The van der Waals surface area contributed by atoms with Crippen LogP contribution in [0.4, 0.5) is 0 Å². The Morgan fingerprint density at radius 2 is 2.00 bits per heavy atom. The van der Waals surface area contributed by atoms with Gasteiger partial charge in [0.25, 0.3) is 0 Å². The summed E-state index contributed by atoms with van der Waals surface area (Å²) in [6.07, 6.45) is -0.906. The Kier molecular flexibility index (Phi) is 3.16. The molecule has 3 aromatic rings. The van der Waals surface area contributed by atoms with Crippen molar-refractivity contribution in [1.29, 1.82) is 0 Å². The van der Waals surface area contributed by atoms with Crippen LogP contribution in [0.2, 0.25) is 0 Å². The molecule has 0 aliphatic rings. The second kappa shape index (κ2) is 4.98. The lowest BCUT2D eigenvalue weighted by Crippen LogP contribution is -2.02. The highest BCUT2D eigenvalue weighted by Gasteiger charge is 2.18. The average molecular weight is 269 g/mol. The summed E-state index contributed by atoms with van der Waals surface area (Å²) in [4.78, 5) is 4.23. The summed E-state index contributed by atoms with van der Waals surface area (Å²) in [5.41, 5.74) is 2.34. The Bertz CT molecular complexity index is 748. The van der Waals surface area contributed by atoms with Crippen molar-refractivity contribution < 1.29 is 14.3 Å². The third kappa shape index (κ3) is 2.14. The summed E-state index contributed by atoms with van der Waals surface area (Å²) in [6, 6.07) is 13.0. The number of aromatic nitrogens is 1. The van der Waals surface area contributed by atoms with E-state index in [0.717, 1.165) is 16.5 Å². The third-order valence-corrected chi connectivity index (χ3v) is 3.26. The lowest BCUT2D eigenvalue weighted by molar-refractivity contribution is 0.186. The van der Waals surface area contributed by atoms with E-state index in [-0.39, 0.29) is 0 Å². The van der Waals surface area contributed by atoms with E-state index in [2.05, 4.69) is 4.98 Å². The number of nitrogens with zero attached hydrogens (tertiary/aromatic N) is 1. The first kappa shape index (κ1) is 12.7. The Morgan fingerprint density at radius 3 is 2.75 bits per heavy atom. The maximum Gasteiger partial charge on any atom is 0.213 e. The van der Waals surface area contributed by atoms with E-state index in [9.17, 15) is 5.11 Å². The van der Waals surface area contributed by atoms with Gasteiger partial charge in [0, 0.05) is 11.5 Å². The number of aliphatic hydroxyl groups excluding tert-OH is 1. The smallest absolute Gasteiger partial charge is 0.213 e. The lowest BCUT2D eigenvalue weighted by atomic mass is 10.1. The SMILES string of the molecule is COc1cccc(C(O)c2cc3cccc(C)c3o2)n1. The third-order valence-electron chi connectivity index (χ3n) is 3.26. The van der Waals surface area contributed by atoms with Gasteiger partial charge in [-0.3, -0.25) is 0 Å². The van der Waals surface area contributed by atoms with Gasteiger partial charge < -0.3 is 14.3 Å². The number of methoxy groups -OCH3 is 1. The van der Waals surface area contributed by atoms with Gasteiger partial charge in [-0.05, 0) is 24.6 Å². The van der Waals surface area contributed by atoms with Crippen LogP contribution in [0.15, 0.2) is 46.9 Å². The molecule has 0 saturated carbocycles. The number of hydrogen-bond acceptors (Lipinski definition) is 4. The fraction of sp³-hybridized carbons (Fsp3) is 0.188. The van der Waals surface area contributed by atoms with Crippen LogP contribution in [0.25, 0.3) is 11.0 Å². The van der Waals surface area contributed by atoms with Crippen LogP contribution >= 0.6 is 0 Å². The van der Waals surface area contributed by atoms with Crippen molar-refractivity contribution in [1.82, 2.24) is 4.98 Å². The average Bonchev–Trinajstić information content (AvgIpc) is 2.92. The Balaban J connectivity index is 2.03. The number of pyridine rings is 1. The maximum atomic E-state index is 10.4. The van der Waals surface area contributed by atoms with Crippen molar-refractivity contribution in [3.8, 4) is 5.88 Å². The van der Waals surface area contributed by atoms with E-state index in [4.69, 9.17) is 9.15 Å². The quantitative estimate of drug-likeness (QED) is 0.793. The molecule has 0 saturated heterocycles. The molecule has 2 heterocycles. The second-order valence-electron chi connectivity index (χ2n) is 4.65. The zero-order valence-corrected chi connectivity index (χ0v) is 11.3. The Hall–Kier alpha value is -2.33. The Labute approximate surface area is 116 Å². The summed E-state index contributed by atoms with van der Waals surface area (Å²) in [5.74, 6) is 0.948. The molecule has 0 aliphatic heterocycles. The molecule has 20 heavy (non-hydrogen) atoms. The summed E-state index contributed by atoms with van der Waals surface area (Å²) < 4.78 is 10.8. The number of benzene rings is 1. The molecule has 1 atom stereocenters. The molecule has 1 unspecified atom stereocenters. The minimum atomic E-state index is -0.906. The minimum absolute atomic E-state index is 0.467. The van der Waals surface area contributed by atoms with Gasteiger partial charge in [-0.15, -0.1) is 0 Å². The van der Waals surface area contributed by atoms with Crippen LogP contribution < -0.4 is 4.74 Å². The zero-order valence-electron chi connectivity index (χ0n) is 11.3. The largest absolute Gasteiger partial charge is 0.481 e. The monoisotopic (exact) mass is 269 g/mol. The van der Waals surface area contributed by atoms with Crippen molar-refractivity contribution in [2.24, 2.45) is 0 Å². The van der Waals surface area contributed by atoms with Gasteiger partial charge in [-0.25, -0.2) is 4.98 Å². The number of fused-ring (bicyclic) bond motifs is 1. The number of ether oxygens (including phenoxy) is 1. The molecule has 0 fully saturated rings. The first-order valence-electron chi connectivity index (χ1n) is 6.37. The molecule has 3 rings (SSSR count). The molecule has 4 nitrogen and oxygen atoms in total. The zero-order chi connectivity index (χ0) is 14.1. The van der Waals surface area contributed by atoms with Crippen LogP contribution in [-0.2, 0) is 0 Å². The van der Waals surface area contributed by atoms with E-state index < -0.39 is 6.10 Å². The number of aryl methyl sites for hydroxylation is 1. The fourth-order valence-electron chi connectivity index (χ4n) is 2.21. The molecule has 0 radical (unpaired) electrons. The fourth-order valence-corrected chi connectivity index (χ4v) is 2.21. The van der Waals surface area contributed by atoms with E-state index in [1.165, 1.54) is 0 Å². The van der Waals surface area contributed by atoms with E-state index in [1.54, 1.807) is 25.3 Å². The Morgan fingerprint density at radius 1 is 1.20 bits per heavy atom. The summed E-state index contributed by atoms with van der Waals surface area (Å²) >= 11 is 0. The number of rotatable bonds is 3. The molecule has 1 aromatic carbocycles. The molecule has 4 heteroatoms. The first-order chi connectivity index (χ1) is 9.69. The van der Waals surface area contributed by atoms with Gasteiger partial charge in [-0.1, -0.05) is 24.3 Å². The number of aliphatic hydroxyl groups is 1. The summed E-state index contributed by atoms with van der Waals surface area (Å²) in [5, 5.41) is 11.4. The van der Waals surface area contributed by atoms with Crippen LogP contribution in [0, 0.1) is 6.92 Å². The van der Waals surface area contributed by atoms with E-state index in [0.29, 0.717) is 17.3 Å². The van der Waals surface area contributed by atoms with Crippen LogP contribution in [-0.4, -0.2) is 17.2 Å². The lowest BCUT2D eigenvalue weighted by Gasteiger charge is -2.08. The molecule has 1 N–H and O–H groups in total. The number of hydrogen-bond donors (Lipinski definition) is 1.